The maximum Gasteiger partial charge on any atom is 0.252 e. The minimum atomic E-state index is -0.620. The lowest BCUT2D eigenvalue weighted by Crippen LogP contribution is -2.50. The van der Waals surface area contributed by atoms with E-state index in [0.29, 0.717) is 11.3 Å². The van der Waals surface area contributed by atoms with Crippen molar-refractivity contribution >= 4 is 11.8 Å². The van der Waals surface area contributed by atoms with Crippen LogP contribution in [0.5, 0.6) is 0 Å². The van der Waals surface area contributed by atoms with Crippen LogP contribution in [0, 0.1) is 19.8 Å². The highest BCUT2D eigenvalue weighted by molar-refractivity contribution is 5.98. The predicted molar refractivity (Wildman–Crippen MR) is 97.3 cm³/mol. The van der Waals surface area contributed by atoms with E-state index >= 15 is 0 Å². The lowest BCUT2D eigenvalue weighted by Gasteiger charge is -2.24. The fourth-order valence-corrected chi connectivity index (χ4v) is 2.64. The molecule has 0 saturated carbocycles. The minimum absolute atomic E-state index is 0.0431. The Kier molecular flexibility index (Phi) is 6.02. The van der Waals surface area contributed by atoms with Crippen LogP contribution in [0.2, 0.25) is 0 Å². The highest BCUT2D eigenvalue weighted by Crippen LogP contribution is 2.16. The highest BCUT2D eigenvalue weighted by Gasteiger charge is 2.26. The molecular formula is C20H26N2O3. The van der Waals surface area contributed by atoms with Gasteiger partial charge in [-0.3, -0.25) is 9.59 Å². The van der Waals surface area contributed by atoms with Gasteiger partial charge in [0.15, 0.2) is 0 Å². The average Bonchev–Trinajstić information content (AvgIpc) is 2.99. The summed E-state index contributed by atoms with van der Waals surface area (Å²) >= 11 is 0. The van der Waals surface area contributed by atoms with E-state index in [1.54, 1.807) is 6.07 Å². The Labute approximate surface area is 148 Å². The Morgan fingerprint density at radius 2 is 1.64 bits per heavy atom. The lowest BCUT2D eigenvalue weighted by atomic mass is 10.0. The van der Waals surface area contributed by atoms with Gasteiger partial charge in [-0.05, 0) is 50.5 Å². The Bertz CT molecular complexity index is 749. The fourth-order valence-electron chi connectivity index (χ4n) is 2.64. The zero-order chi connectivity index (χ0) is 18.6. The summed E-state index contributed by atoms with van der Waals surface area (Å²) in [6.07, 6.45) is 0. The molecule has 5 heteroatoms. The molecular weight excluding hydrogens is 316 g/mol. The summed E-state index contributed by atoms with van der Waals surface area (Å²) in [6.45, 7) is 9.41. The number of carbonyl (C=O) groups is 2. The maximum absolute atomic E-state index is 12.7. The van der Waals surface area contributed by atoms with E-state index in [9.17, 15) is 9.59 Å². The summed E-state index contributed by atoms with van der Waals surface area (Å²) < 4.78 is 5.55. The molecule has 2 unspecified atom stereocenters. The first-order valence-electron chi connectivity index (χ1n) is 8.52. The molecule has 2 N–H and O–H groups in total. The van der Waals surface area contributed by atoms with Gasteiger partial charge in [-0.15, -0.1) is 0 Å². The first-order valence-corrected chi connectivity index (χ1v) is 8.52. The van der Waals surface area contributed by atoms with Gasteiger partial charge in [-0.2, -0.15) is 0 Å². The standard InChI is InChI=1S/C20H26N2O3/c1-12(2)18(22-19(23)16-9-7-6-8-13(16)3)20(24)21-15(5)17-11-10-14(4)25-17/h6-12,15,18H,1-5H3,(H,21,24)(H,22,23). The van der Waals surface area contributed by atoms with Crippen molar-refractivity contribution in [2.75, 3.05) is 0 Å². The van der Waals surface area contributed by atoms with Gasteiger partial charge in [-0.25, -0.2) is 0 Å². The number of furan rings is 1. The average molecular weight is 342 g/mol. The van der Waals surface area contributed by atoms with Gasteiger partial charge in [0.1, 0.15) is 17.6 Å². The zero-order valence-corrected chi connectivity index (χ0v) is 15.4. The summed E-state index contributed by atoms with van der Waals surface area (Å²) in [5.41, 5.74) is 1.46. The summed E-state index contributed by atoms with van der Waals surface area (Å²) in [4.78, 5) is 25.2. The van der Waals surface area contributed by atoms with Crippen LogP contribution in [0.4, 0.5) is 0 Å². The number of rotatable bonds is 6. The van der Waals surface area contributed by atoms with Gasteiger partial charge >= 0.3 is 0 Å². The molecule has 134 valence electrons. The minimum Gasteiger partial charge on any atom is -0.464 e. The van der Waals surface area contributed by atoms with Crippen LogP contribution in [0.3, 0.4) is 0 Å². The topological polar surface area (TPSA) is 71.3 Å². The van der Waals surface area contributed by atoms with Crippen molar-refractivity contribution in [3.8, 4) is 0 Å². The third-order valence-corrected chi connectivity index (χ3v) is 4.17. The maximum atomic E-state index is 12.7. The molecule has 0 fully saturated rings. The lowest BCUT2D eigenvalue weighted by molar-refractivity contribution is -0.124. The van der Waals surface area contributed by atoms with Crippen molar-refractivity contribution in [2.45, 2.75) is 46.7 Å². The SMILES string of the molecule is Cc1ccc(C(C)NC(=O)C(NC(=O)c2ccccc2C)C(C)C)o1. The van der Waals surface area contributed by atoms with Crippen molar-refractivity contribution < 1.29 is 14.0 Å². The van der Waals surface area contributed by atoms with Crippen LogP contribution in [0.1, 0.15) is 54.3 Å². The Hall–Kier alpha value is -2.56. The number of nitrogens with one attached hydrogen (secondary N) is 2. The van der Waals surface area contributed by atoms with E-state index in [-0.39, 0.29) is 23.8 Å². The second-order valence-corrected chi connectivity index (χ2v) is 6.69. The van der Waals surface area contributed by atoms with E-state index in [1.165, 1.54) is 0 Å². The van der Waals surface area contributed by atoms with Crippen LogP contribution >= 0.6 is 0 Å². The summed E-state index contributed by atoms with van der Waals surface area (Å²) in [6, 6.07) is 10.1. The molecule has 2 aromatic rings. The number of hydrogen-bond donors (Lipinski definition) is 2. The predicted octanol–water partition coefficient (Wildman–Crippen LogP) is 3.53. The molecule has 0 aliphatic rings. The largest absolute Gasteiger partial charge is 0.464 e. The summed E-state index contributed by atoms with van der Waals surface area (Å²) in [7, 11) is 0. The van der Waals surface area contributed by atoms with Gasteiger partial charge in [0, 0.05) is 5.56 Å². The van der Waals surface area contributed by atoms with Gasteiger partial charge in [0.2, 0.25) is 5.91 Å². The number of amides is 2. The molecule has 25 heavy (non-hydrogen) atoms. The first-order chi connectivity index (χ1) is 11.8. The molecule has 0 bridgehead atoms. The second kappa shape index (κ2) is 8.01. The van der Waals surface area contributed by atoms with Gasteiger partial charge in [0.25, 0.3) is 5.91 Å². The normalized spacial score (nSPS) is 13.4. The van der Waals surface area contributed by atoms with Crippen LogP contribution in [-0.2, 0) is 4.79 Å². The number of hydrogen-bond acceptors (Lipinski definition) is 3. The molecule has 0 radical (unpaired) electrons. The van der Waals surface area contributed by atoms with Crippen molar-refractivity contribution in [1.29, 1.82) is 0 Å². The third-order valence-electron chi connectivity index (χ3n) is 4.17. The number of aryl methyl sites for hydroxylation is 2. The third kappa shape index (κ3) is 4.72. The first kappa shape index (κ1) is 18.8. The molecule has 0 saturated heterocycles. The van der Waals surface area contributed by atoms with Gasteiger partial charge in [0.05, 0.1) is 6.04 Å². The van der Waals surface area contributed by atoms with Gasteiger partial charge < -0.3 is 15.1 Å². The van der Waals surface area contributed by atoms with Crippen LogP contribution in [0.25, 0.3) is 0 Å². The monoisotopic (exact) mass is 342 g/mol. The Morgan fingerprint density at radius 1 is 0.960 bits per heavy atom. The number of benzene rings is 1. The second-order valence-electron chi connectivity index (χ2n) is 6.69. The molecule has 1 aromatic heterocycles. The van der Waals surface area contributed by atoms with E-state index in [4.69, 9.17) is 4.42 Å². The smallest absolute Gasteiger partial charge is 0.252 e. The van der Waals surface area contributed by atoms with E-state index in [1.807, 2.05) is 65.0 Å². The van der Waals surface area contributed by atoms with Crippen LogP contribution < -0.4 is 10.6 Å². The molecule has 0 aliphatic heterocycles. The quantitative estimate of drug-likeness (QED) is 0.843. The van der Waals surface area contributed by atoms with Crippen molar-refractivity contribution in [2.24, 2.45) is 5.92 Å². The van der Waals surface area contributed by atoms with Crippen LogP contribution in [-0.4, -0.2) is 17.9 Å². The molecule has 1 heterocycles. The molecule has 5 nitrogen and oxygen atoms in total. The molecule has 2 amide bonds. The van der Waals surface area contributed by atoms with E-state index in [2.05, 4.69) is 10.6 Å². The highest BCUT2D eigenvalue weighted by atomic mass is 16.3. The van der Waals surface area contributed by atoms with Crippen molar-refractivity contribution in [1.82, 2.24) is 10.6 Å². The van der Waals surface area contributed by atoms with Crippen LogP contribution in [0.15, 0.2) is 40.8 Å². The van der Waals surface area contributed by atoms with E-state index in [0.717, 1.165) is 11.3 Å². The molecule has 0 spiro atoms. The van der Waals surface area contributed by atoms with E-state index < -0.39 is 6.04 Å². The Balaban J connectivity index is 2.08. The Morgan fingerprint density at radius 3 is 2.20 bits per heavy atom. The zero-order valence-electron chi connectivity index (χ0n) is 15.4. The van der Waals surface area contributed by atoms with Crippen molar-refractivity contribution in [3.05, 3.63) is 59.0 Å². The molecule has 2 rings (SSSR count). The fraction of sp³-hybridized carbons (Fsp3) is 0.400. The van der Waals surface area contributed by atoms with Crippen molar-refractivity contribution in [3.63, 3.8) is 0 Å². The molecule has 0 aliphatic carbocycles. The van der Waals surface area contributed by atoms with Gasteiger partial charge in [-0.1, -0.05) is 32.0 Å². The summed E-state index contributed by atoms with van der Waals surface area (Å²) in [5.74, 6) is 0.980. The number of carbonyl (C=O) groups excluding carboxylic acids is 2. The summed E-state index contributed by atoms with van der Waals surface area (Å²) in [5, 5.41) is 5.77. The molecule has 1 aromatic carbocycles. The molecule has 2 atom stereocenters.